The Kier molecular flexibility index (Phi) is 5.39. The first-order valence-corrected chi connectivity index (χ1v) is 10.2. The summed E-state index contributed by atoms with van der Waals surface area (Å²) >= 11 is 0. The Labute approximate surface area is 119 Å². The third kappa shape index (κ3) is 6.27. The van der Waals surface area contributed by atoms with Crippen LogP contribution < -0.4 is 0 Å². The highest BCUT2D eigenvalue weighted by Gasteiger charge is 2.06. The summed E-state index contributed by atoms with van der Waals surface area (Å²) in [5, 5.41) is 0. The first kappa shape index (κ1) is 15.5. The van der Waals surface area contributed by atoms with Crippen molar-refractivity contribution in [2.45, 2.75) is 40.4 Å². The molecule has 0 nitrogen and oxygen atoms in total. The van der Waals surface area contributed by atoms with Crippen LogP contribution in [0.4, 0.5) is 0 Å². The van der Waals surface area contributed by atoms with Crippen LogP contribution in [0.15, 0.2) is 36.4 Å². The fraction of sp³-hybridized carbons (Fsp3) is 0.333. The second-order valence-electron chi connectivity index (χ2n) is 6.10. The van der Waals surface area contributed by atoms with Gasteiger partial charge in [-0.05, 0) is 38.0 Å². The van der Waals surface area contributed by atoms with E-state index in [-0.39, 0.29) is 0 Å². The molecule has 1 rings (SSSR count). The van der Waals surface area contributed by atoms with Crippen LogP contribution in [0.2, 0.25) is 19.6 Å². The monoisotopic (exact) mass is 268 g/mol. The molecule has 0 aliphatic carbocycles. The Hall–Kier alpha value is -1.52. The lowest BCUT2D eigenvalue weighted by molar-refractivity contribution is 1.36. The molecule has 0 fully saturated rings. The van der Waals surface area contributed by atoms with Crippen LogP contribution in [0.5, 0.6) is 0 Å². The van der Waals surface area contributed by atoms with Crippen LogP contribution in [0.3, 0.4) is 0 Å². The summed E-state index contributed by atoms with van der Waals surface area (Å²) in [5.74, 6) is 3.14. The molecular weight excluding hydrogens is 244 g/mol. The molecule has 0 heterocycles. The zero-order chi connectivity index (χ0) is 14.5. The van der Waals surface area contributed by atoms with Gasteiger partial charge < -0.3 is 0 Å². The summed E-state index contributed by atoms with van der Waals surface area (Å²) in [6.45, 7) is 13.2. The molecule has 0 amide bonds. The Morgan fingerprint density at radius 2 is 1.63 bits per heavy atom. The topological polar surface area (TPSA) is 0 Å². The normalized spacial score (nSPS) is 12.4. The van der Waals surface area contributed by atoms with Crippen molar-refractivity contribution in [3.63, 3.8) is 0 Å². The predicted molar refractivity (Wildman–Crippen MR) is 89.8 cm³/mol. The molecule has 1 aromatic rings. The van der Waals surface area contributed by atoms with Crippen LogP contribution >= 0.6 is 0 Å². The molecule has 0 atom stereocenters. The molecule has 100 valence electrons. The SMILES string of the molecule is C/C(=C/C=C/C#C[Si](C)(C)C)c1cc(C)cc(C)c1. The Balaban J connectivity index is 2.82. The van der Waals surface area contributed by atoms with Gasteiger partial charge in [-0.2, -0.15) is 0 Å². The van der Waals surface area contributed by atoms with E-state index in [1.165, 1.54) is 22.3 Å². The molecular formula is C18H24Si. The summed E-state index contributed by atoms with van der Waals surface area (Å²) in [7, 11) is -1.25. The van der Waals surface area contributed by atoms with Crippen molar-refractivity contribution in [2.24, 2.45) is 0 Å². The molecule has 0 saturated carbocycles. The molecule has 0 unspecified atom stereocenters. The first-order valence-electron chi connectivity index (χ1n) is 6.73. The van der Waals surface area contributed by atoms with Gasteiger partial charge in [0.2, 0.25) is 0 Å². The predicted octanol–water partition coefficient (Wildman–Crippen LogP) is 5.14. The first-order chi connectivity index (χ1) is 8.78. The lowest BCUT2D eigenvalue weighted by Gasteiger charge is -2.04. The van der Waals surface area contributed by atoms with E-state index in [0.717, 1.165) is 0 Å². The minimum atomic E-state index is -1.25. The van der Waals surface area contributed by atoms with Gasteiger partial charge in [0.05, 0.1) is 0 Å². The van der Waals surface area contributed by atoms with E-state index in [2.05, 4.69) is 76.2 Å². The van der Waals surface area contributed by atoms with Crippen LogP contribution in [-0.4, -0.2) is 8.07 Å². The standard InChI is InChI=1S/C18H24Si/c1-15-12-16(2)14-18(13-15)17(3)10-8-7-9-11-19(4,5)6/h7-8,10,12-14H,1-6H3/b8-7+,17-10-. The molecule has 1 aromatic carbocycles. The zero-order valence-electron chi connectivity index (χ0n) is 13.0. The molecule has 0 saturated heterocycles. The minimum Gasteiger partial charge on any atom is -0.127 e. The van der Waals surface area contributed by atoms with Crippen LogP contribution in [0.1, 0.15) is 23.6 Å². The fourth-order valence-electron chi connectivity index (χ4n) is 1.80. The molecule has 0 N–H and O–H groups in total. The minimum absolute atomic E-state index is 1.25. The highest BCUT2D eigenvalue weighted by Crippen LogP contribution is 2.17. The zero-order valence-corrected chi connectivity index (χ0v) is 14.0. The number of benzene rings is 1. The van der Waals surface area contributed by atoms with Crippen molar-refractivity contribution in [1.29, 1.82) is 0 Å². The van der Waals surface area contributed by atoms with E-state index in [0.29, 0.717) is 0 Å². The van der Waals surface area contributed by atoms with E-state index in [1.54, 1.807) is 0 Å². The average Bonchev–Trinajstić information content (AvgIpc) is 2.25. The maximum atomic E-state index is 3.33. The molecule has 1 heteroatoms. The van der Waals surface area contributed by atoms with Crippen LogP contribution in [0.25, 0.3) is 5.57 Å². The molecule has 0 aliphatic heterocycles. The summed E-state index contributed by atoms with van der Waals surface area (Å²) in [6, 6.07) is 6.65. The average molecular weight is 268 g/mol. The lowest BCUT2D eigenvalue weighted by atomic mass is 10.0. The summed E-state index contributed by atoms with van der Waals surface area (Å²) in [4.78, 5) is 0. The van der Waals surface area contributed by atoms with Crippen molar-refractivity contribution in [2.75, 3.05) is 0 Å². The van der Waals surface area contributed by atoms with E-state index < -0.39 is 8.07 Å². The fourth-order valence-corrected chi connectivity index (χ4v) is 2.31. The van der Waals surface area contributed by atoms with Gasteiger partial charge in [-0.15, -0.1) is 5.54 Å². The molecule has 0 aliphatic rings. The number of aryl methyl sites for hydroxylation is 2. The maximum absolute atomic E-state index is 3.33. The van der Waals surface area contributed by atoms with E-state index in [4.69, 9.17) is 0 Å². The van der Waals surface area contributed by atoms with Gasteiger partial charge in [0.15, 0.2) is 0 Å². The summed E-state index contributed by atoms with van der Waals surface area (Å²) in [6.07, 6.45) is 6.12. The van der Waals surface area contributed by atoms with Gasteiger partial charge in [0.1, 0.15) is 8.07 Å². The van der Waals surface area contributed by atoms with Crippen molar-refractivity contribution in [3.05, 3.63) is 53.1 Å². The highest BCUT2D eigenvalue weighted by atomic mass is 28.3. The van der Waals surface area contributed by atoms with Gasteiger partial charge in [-0.3, -0.25) is 0 Å². The largest absolute Gasteiger partial charge is 0.129 e. The molecule has 19 heavy (non-hydrogen) atoms. The second-order valence-corrected chi connectivity index (χ2v) is 10.9. The number of hydrogen-bond donors (Lipinski definition) is 0. The molecule has 0 bridgehead atoms. The van der Waals surface area contributed by atoms with Crippen LogP contribution in [-0.2, 0) is 0 Å². The summed E-state index contributed by atoms with van der Waals surface area (Å²) in [5.41, 5.74) is 8.52. The highest BCUT2D eigenvalue weighted by molar-refractivity contribution is 6.83. The molecule has 0 radical (unpaired) electrons. The quantitative estimate of drug-likeness (QED) is 0.395. The Morgan fingerprint density at radius 3 is 2.16 bits per heavy atom. The van der Waals surface area contributed by atoms with E-state index in [1.807, 2.05) is 12.2 Å². The van der Waals surface area contributed by atoms with Gasteiger partial charge >= 0.3 is 0 Å². The van der Waals surface area contributed by atoms with E-state index >= 15 is 0 Å². The Bertz CT molecular complexity index is 537. The van der Waals surface area contributed by atoms with Gasteiger partial charge in [0.25, 0.3) is 0 Å². The van der Waals surface area contributed by atoms with Gasteiger partial charge in [-0.25, -0.2) is 0 Å². The van der Waals surface area contributed by atoms with E-state index in [9.17, 15) is 0 Å². The van der Waals surface area contributed by atoms with Crippen molar-refractivity contribution < 1.29 is 0 Å². The van der Waals surface area contributed by atoms with Gasteiger partial charge in [0, 0.05) is 0 Å². The number of rotatable bonds is 2. The smallest absolute Gasteiger partial charge is 0.127 e. The number of hydrogen-bond acceptors (Lipinski definition) is 0. The molecule has 0 spiro atoms. The van der Waals surface area contributed by atoms with Crippen molar-refractivity contribution in [1.82, 2.24) is 0 Å². The molecule has 0 aromatic heterocycles. The third-order valence-corrected chi connectivity index (χ3v) is 3.54. The van der Waals surface area contributed by atoms with Gasteiger partial charge in [-0.1, -0.05) is 67.0 Å². The number of allylic oxidation sites excluding steroid dienone is 4. The Morgan fingerprint density at radius 1 is 1.05 bits per heavy atom. The summed E-state index contributed by atoms with van der Waals surface area (Å²) < 4.78 is 0. The van der Waals surface area contributed by atoms with Crippen LogP contribution in [0, 0.1) is 25.3 Å². The lowest BCUT2D eigenvalue weighted by Crippen LogP contribution is -2.16. The maximum Gasteiger partial charge on any atom is 0.129 e. The van der Waals surface area contributed by atoms with Crippen molar-refractivity contribution in [3.8, 4) is 11.5 Å². The third-order valence-electron chi connectivity index (χ3n) is 2.65. The van der Waals surface area contributed by atoms with Crippen molar-refractivity contribution >= 4 is 13.6 Å². The second kappa shape index (κ2) is 6.59.